The summed E-state index contributed by atoms with van der Waals surface area (Å²) in [6, 6.07) is 0. The van der Waals surface area contributed by atoms with Gasteiger partial charge in [0.05, 0.1) is 33.0 Å². The van der Waals surface area contributed by atoms with Gasteiger partial charge in [-0.25, -0.2) is 32.0 Å². The van der Waals surface area contributed by atoms with E-state index in [0.29, 0.717) is 0 Å². The highest BCUT2D eigenvalue weighted by Gasteiger charge is 2.41. The molecule has 0 aliphatic rings. The van der Waals surface area contributed by atoms with E-state index in [-0.39, 0.29) is 32.6 Å². The standard InChI is InChI=1S/C3H9O4P.C3H9O3P.C2H9O10P3.C2H8O7P2.2C2H7O3PS/c1-3-7-8(4,5)6-2;1-3-7(4,5)6-2;1-2-10-15(9,11-13(3,4)5)12-14(6,7)8;1-2-8-11(6,7)9-10(3,4)5;2*1-2-5-6(3,4)7/h3H2,1-2H3,(H,4,5);3H2,1-2H3,(H,4,5);2H2,1H3,(H2,3,4,5)(H2,6,7,8);2H2,1H3,(H,6,7)(H2,3,4,5);2*2H2,1H3,(H2,3,4,7). The van der Waals surface area contributed by atoms with E-state index in [1.807, 2.05) is 0 Å². The maximum absolute atomic E-state index is 11.2. The molecule has 342 valence electrons. The average molecular weight is 1040 g/mol. The van der Waals surface area contributed by atoms with Crippen LogP contribution in [-0.4, -0.2) is 112 Å². The minimum atomic E-state index is -5.26. The molecule has 0 heterocycles. The number of hydrogen-bond donors (Lipinski definition) is 13. The van der Waals surface area contributed by atoms with Crippen molar-refractivity contribution in [2.45, 2.75) is 41.5 Å². The van der Waals surface area contributed by atoms with Crippen LogP contribution in [0.15, 0.2) is 0 Å². The van der Waals surface area contributed by atoms with Gasteiger partial charge >= 0.3 is 68.0 Å². The van der Waals surface area contributed by atoms with Crippen LogP contribution in [0.1, 0.15) is 41.5 Å². The van der Waals surface area contributed by atoms with Gasteiger partial charge < -0.3 is 72.3 Å². The Morgan fingerprint density at radius 2 is 0.764 bits per heavy atom. The molecule has 41 heteroatoms. The number of hydrogen-bond acceptors (Lipinski definition) is 19. The second-order valence-corrected chi connectivity index (χ2v) is 24.0. The van der Waals surface area contributed by atoms with Crippen molar-refractivity contribution in [1.82, 2.24) is 0 Å². The second kappa shape index (κ2) is 32.6. The molecule has 0 rings (SSSR count). The van der Waals surface area contributed by atoms with Gasteiger partial charge in [-0.15, -0.1) is 0 Å². The van der Waals surface area contributed by atoms with Crippen molar-refractivity contribution in [2.75, 3.05) is 53.4 Å². The topological polar surface area (TPSA) is 472 Å². The third-order valence-corrected chi connectivity index (χ3v) is 13.4. The zero-order valence-electron chi connectivity index (χ0n) is 29.8. The lowest BCUT2D eigenvalue weighted by molar-refractivity contribution is 0.170. The minimum Gasteiger partial charge on any atom is -0.325 e. The number of rotatable bonds is 19. The second-order valence-electron chi connectivity index (χ2n) is 7.49. The fraction of sp³-hybridized carbons (Fsp3) is 1.00. The molecule has 0 spiro atoms. The van der Waals surface area contributed by atoms with Crippen LogP contribution in [0.3, 0.4) is 0 Å². The largest absolute Gasteiger partial charge is 0.492 e. The van der Waals surface area contributed by atoms with Gasteiger partial charge in [0.15, 0.2) is 0 Å². The van der Waals surface area contributed by atoms with E-state index in [0.717, 1.165) is 7.11 Å². The molecule has 0 aliphatic carbocycles. The number of phosphoric ester groups is 2. The van der Waals surface area contributed by atoms with Crippen molar-refractivity contribution in [1.29, 1.82) is 0 Å². The van der Waals surface area contributed by atoms with Gasteiger partial charge in [-0.05, 0) is 46.4 Å². The molecule has 0 bridgehead atoms. The maximum atomic E-state index is 11.2. The van der Waals surface area contributed by atoms with Crippen LogP contribution in [-0.2, 0) is 92.9 Å². The average Bonchev–Trinajstić information content (AvgIpc) is 2.90. The predicted octanol–water partition coefficient (Wildman–Crippen LogP) is 3.48. The van der Waals surface area contributed by atoms with Crippen LogP contribution < -0.4 is 0 Å². The summed E-state index contributed by atoms with van der Waals surface area (Å²) in [5.41, 5.74) is 0. The van der Waals surface area contributed by atoms with E-state index in [9.17, 15) is 36.5 Å². The van der Waals surface area contributed by atoms with E-state index in [4.69, 9.17) is 58.7 Å². The van der Waals surface area contributed by atoms with Gasteiger partial charge in [0.1, 0.15) is 0 Å². The van der Waals surface area contributed by atoms with Crippen molar-refractivity contribution in [3.63, 3.8) is 0 Å². The Bertz CT molecular complexity index is 1370. The molecule has 12 N–H and O–H groups in total. The zero-order chi connectivity index (χ0) is 45.8. The molecule has 0 aromatic heterocycles. The summed E-state index contributed by atoms with van der Waals surface area (Å²) in [7, 11) is -29.5. The fourth-order valence-corrected chi connectivity index (χ4v) is 8.26. The monoisotopic (exact) mass is 1040 g/mol. The summed E-state index contributed by atoms with van der Waals surface area (Å²) in [6.45, 7) is 2.40. The van der Waals surface area contributed by atoms with Gasteiger partial charge in [-0.3, -0.25) is 22.7 Å². The highest BCUT2D eigenvalue weighted by Crippen LogP contribution is 2.67. The molecular formula is C14H49O30P9S2. The molecule has 0 aromatic carbocycles. The third kappa shape index (κ3) is 68.0. The summed E-state index contributed by atoms with van der Waals surface area (Å²) < 4.78 is 122. The first kappa shape index (κ1) is 68.7. The first-order valence-corrected chi connectivity index (χ1v) is 29.6. The molecule has 0 saturated carbocycles. The highest BCUT2D eigenvalue weighted by atomic mass is 32.7. The van der Waals surface area contributed by atoms with E-state index < -0.39 is 74.7 Å². The first-order valence-electron chi connectivity index (χ1n) is 13.4. The number of thiol groups is 1. The smallest absolute Gasteiger partial charge is 0.325 e. The van der Waals surface area contributed by atoms with Crippen molar-refractivity contribution in [3.8, 4) is 0 Å². The van der Waals surface area contributed by atoms with Crippen LogP contribution in [0.2, 0.25) is 0 Å². The molecule has 0 aromatic rings. The van der Waals surface area contributed by atoms with E-state index in [1.165, 1.54) is 21.0 Å². The number of phosphoric acid groups is 6. The lowest BCUT2D eigenvalue weighted by atomic mass is 10.9. The van der Waals surface area contributed by atoms with Crippen molar-refractivity contribution >= 4 is 92.1 Å². The zero-order valence-corrected chi connectivity index (χ0v) is 39.6. The van der Waals surface area contributed by atoms with E-state index in [1.54, 1.807) is 27.7 Å². The van der Waals surface area contributed by atoms with Crippen LogP contribution in [0.25, 0.3) is 0 Å². The SMILES string of the molecule is CCOP(=O)(O)OC.CCOP(=O)(O)OP(=O)(O)O.CCOP(=O)(O)S.CCOP(=O)(OP(=O)(O)O)OP(=O)(O)O.CCOP(O)(O)=S.CCP(=O)(O)OC. The third-order valence-electron chi connectivity index (χ3n) is 3.00. The molecule has 0 fully saturated rings. The summed E-state index contributed by atoms with van der Waals surface area (Å²) in [4.78, 5) is 99.4. The summed E-state index contributed by atoms with van der Waals surface area (Å²) in [5, 5.41) is 0. The maximum Gasteiger partial charge on any atom is 0.492 e. The fourth-order valence-electron chi connectivity index (χ4n) is 1.48. The van der Waals surface area contributed by atoms with Gasteiger partial charge in [0, 0.05) is 20.4 Å². The minimum absolute atomic E-state index is 0.173. The molecule has 0 radical (unpaired) electrons. The van der Waals surface area contributed by atoms with Crippen LogP contribution in [0.5, 0.6) is 0 Å². The van der Waals surface area contributed by atoms with Crippen LogP contribution in [0, 0.1) is 0 Å². The van der Waals surface area contributed by atoms with Gasteiger partial charge in [0.2, 0.25) is 0 Å². The normalized spacial score (nSPS) is 16.3. The first-order chi connectivity index (χ1) is 24.1. The summed E-state index contributed by atoms with van der Waals surface area (Å²) in [5.74, 6) is 0. The molecule has 0 amide bonds. The highest BCUT2D eigenvalue weighted by molar-refractivity contribution is 8.44. The molecule has 55 heavy (non-hydrogen) atoms. The molecule has 4 atom stereocenters. The van der Waals surface area contributed by atoms with Crippen molar-refractivity contribution in [2.24, 2.45) is 0 Å². The lowest BCUT2D eigenvalue weighted by Crippen LogP contribution is -1.97. The van der Waals surface area contributed by atoms with Crippen LogP contribution in [0.4, 0.5) is 0 Å². The Balaban J connectivity index is -0.000000135. The molecule has 30 nitrogen and oxygen atoms in total. The summed E-state index contributed by atoms with van der Waals surface area (Å²) in [6.07, 6.45) is 0.184. The molecule has 0 saturated heterocycles. The summed E-state index contributed by atoms with van der Waals surface area (Å²) >= 11 is 7.31. The Labute approximate surface area is 326 Å². The predicted molar refractivity (Wildman–Crippen MR) is 197 cm³/mol. The Morgan fingerprint density at radius 3 is 0.891 bits per heavy atom. The molecule has 4 unspecified atom stereocenters. The van der Waals surface area contributed by atoms with Crippen LogP contribution >= 0.6 is 80.3 Å². The van der Waals surface area contributed by atoms with Gasteiger partial charge in [-0.2, -0.15) is 12.9 Å². The Kier molecular flexibility index (Phi) is 40.8. The Morgan fingerprint density at radius 1 is 0.455 bits per heavy atom. The Hall–Kier alpha value is 1.96. The quantitative estimate of drug-likeness (QED) is 0.0650. The van der Waals surface area contributed by atoms with Gasteiger partial charge in [-0.1, -0.05) is 19.2 Å². The van der Waals surface area contributed by atoms with E-state index >= 15 is 0 Å². The van der Waals surface area contributed by atoms with Crippen molar-refractivity contribution in [3.05, 3.63) is 0 Å². The van der Waals surface area contributed by atoms with E-state index in [2.05, 4.69) is 68.7 Å². The van der Waals surface area contributed by atoms with Gasteiger partial charge in [0.25, 0.3) is 0 Å². The lowest BCUT2D eigenvalue weighted by Gasteiger charge is -2.16. The molecule has 0 aliphatic heterocycles. The van der Waals surface area contributed by atoms with Crippen molar-refractivity contribution < 1.29 is 140 Å². The molecular weight excluding hydrogens is 991 g/mol.